The van der Waals surface area contributed by atoms with Crippen LogP contribution in [0.4, 0.5) is 5.69 Å². The number of carbonyl (C=O) groups is 1. The summed E-state index contributed by atoms with van der Waals surface area (Å²) in [5, 5.41) is 14.6. The molecule has 2 fully saturated rings. The zero-order valence-electron chi connectivity index (χ0n) is 14.1. The van der Waals surface area contributed by atoms with Crippen LogP contribution in [0.3, 0.4) is 0 Å². The number of fused-ring (bicyclic) bond motifs is 2. The van der Waals surface area contributed by atoms with E-state index >= 15 is 0 Å². The van der Waals surface area contributed by atoms with Crippen molar-refractivity contribution in [3.63, 3.8) is 0 Å². The number of nitro groups is 1. The molecule has 3 rings (SSSR count). The van der Waals surface area contributed by atoms with Gasteiger partial charge in [0.1, 0.15) is 0 Å². The smallest absolute Gasteiger partial charge is 0.271 e. The Bertz CT molecular complexity index is 811. The number of hydrogen-bond donors (Lipinski definition) is 1. The number of non-ortho nitro benzene ring substituents is 1. The first-order chi connectivity index (χ1) is 11.6. The monoisotopic (exact) mass is 367 g/mol. The normalized spacial score (nSPS) is 25.6. The van der Waals surface area contributed by atoms with Crippen molar-refractivity contribution in [3.05, 3.63) is 33.9 Å². The molecule has 136 valence electrons. The van der Waals surface area contributed by atoms with E-state index < -0.39 is 20.4 Å². The maximum absolute atomic E-state index is 12.8. The van der Waals surface area contributed by atoms with Crippen LogP contribution >= 0.6 is 0 Å². The third-order valence-electron chi connectivity index (χ3n) is 5.09. The van der Waals surface area contributed by atoms with Crippen molar-refractivity contribution in [3.8, 4) is 0 Å². The molecule has 0 aromatic heterocycles. The van der Waals surface area contributed by atoms with Crippen molar-refractivity contribution >= 4 is 21.4 Å². The zero-order valence-corrected chi connectivity index (χ0v) is 15.0. The quantitative estimate of drug-likeness (QED) is 0.635. The number of sulfone groups is 1. The third-order valence-corrected chi connectivity index (χ3v) is 6.19. The Hall–Kier alpha value is -2.00. The highest BCUT2D eigenvalue weighted by atomic mass is 32.2. The number of amides is 1. The fourth-order valence-corrected chi connectivity index (χ4v) is 4.42. The molecule has 0 aliphatic carbocycles. The topological polar surface area (TPSA) is 110 Å². The molecule has 2 aliphatic rings. The summed E-state index contributed by atoms with van der Waals surface area (Å²) in [5.74, 6) is -0.389. The van der Waals surface area contributed by atoms with Gasteiger partial charge in [0, 0.05) is 49.1 Å². The Morgan fingerprint density at radius 1 is 1.24 bits per heavy atom. The number of carbonyl (C=O) groups excluding carboxylic acids is 1. The summed E-state index contributed by atoms with van der Waals surface area (Å²) in [6.45, 7) is 0. The second-order valence-electron chi connectivity index (χ2n) is 6.92. The fraction of sp³-hybridized carbons (Fsp3) is 0.562. The van der Waals surface area contributed by atoms with Gasteiger partial charge in [-0.3, -0.25) is 14.9 Å². The first-order valence-electron chi connectivity index (χ1n) is 8.18. The summed E-state index contributed by atoms with van der Waals surface area (Å²) in [5.41, 5.74) is -0.368. The standard InChI is InChI=1S/C16H21N3O5S/c1-18(13-7-11-3-4-12(8-13)17-11)16(20)10-5-14(19(21)22)9-15(6-10)25(2,23)24/h5-6,9,11-13,17H,3-4,7-8H2,1-2H3. The average molecular weight is 367 g/mol. The molecule has 2 atom stereocenters. The molecular weight excluding hydrogens is 346 g/mol. The Balaban J connectivity index is 1.90. The van der Waals surface area contributed by atoms with E-state index in [4.69, 9.17) is 0 Å². The first-order valence-corrected chi connectivity index (χ1v) is 10.1. The van der Waals surface area contributed by atoms with Gasteiger partial charge in [0.15, 0.2) is 9.84 Å². The molecule has 2 aliphatic heterocycles. The lowest BCUT2D eigenvalue weighted by molar-refractivity contribution is -0.385. The molecule has 2 saturated heterocycles. The highest BCUT2D eigenvalue weighted by Gasteiger charge is 2.36. The summed E-state index contributed by atoms with van der Waals surface area (Å²) in [7, 11) is -1.98. The molecule has 1 amide bonds. The molecule has 1 N–H and O–H groups in total. The molecule has 8 nitrogen and oxygen atoms in total. The summed E-state index contributed by atoms with van der Waals surface area (Å²) in [6, 6.07) is 4.19. The molecule has 2 heterocycles. The third kappa shape index (κ3) is 3.67. The van der Waals surface area contributed by atoms with Crippen LogP contribution in [0.1, 0.15) is 36.0 Å². The summed E-state index contributed by atoms with van der Waals surface area (Å²) >= 11 is 0. The number of nitrogens with one attached hydrogen (secondary N) is 1. The Labute approximate surface area is 146 Å². The second kappa shape index (κ2) is 6.38. The molecule has 2 unspecified atom stereocenters. The Kier molecular flexibility index (Phi) is 4.54. The molecule has 0 saturated carbocycles. The minimum atomic E-state index is -3.66. The van der Waals surface area contributed by atoms with Gasteiger partial charge in [0.25, 0.3) is 11.6 Å². The van der Waals surface area contributed by atoms with Gasteiger partial charge in [0.05, 0.1) is 9.82 Å². The molecule has 2 bridgehead atoms. The Morgan fingerprint density at radius 2 is 1.84 bits per heavy atom. The van der Waals surface area contributed by atoms with Crippen LogP contribution in [0.5, 0.6) is 0 Å². The van der Waals surface area contributed by atoms with Gasteiger partial charge in [-0.05, 0) is 31.7 Å². The minimum absolute atomic E-state index is 0.0306. The Morgan fingerprint density at radius 3 is 2.36 bits per heavy atom. The molecule has 0 spiro atoms. The van der Waals surface area contributed by atoms with Crippen LogP contribution in [0.15, 0.2) is 23.1 Å². The van der Waals surface area contributed by atoms with Crippen LogP contribution in [0, 0.1) is 10.1 Å². The number of nitrogens with zero attached hydrogens (tertiary/aromatic N) is 2. The van der Waals surface area contributed by atoms with Gasteiger partial charge in [-0.15, -0.1) is 0 Å². The van der Waals surface area contributed by atoms with Gasteiger partial charge < -0.3 is 10.2 Å². The predicted octanol–water partition coefficient (Wildman–Crippen LogP) is 1.35. The van der Waals surface area contributed by atoms with E-state index in [1.165, 1.54) is 6.07 Å². The van der Waals surface area contributed by atoms with Crippen molar-refractivity contribution in [2.45, 2.75) is 48.7 Å². The van der Waals surface area contributed by atoms with E-state index in [1.54, 1.807) is 11.9 Å². The largest absolute Gasteiger partial charge is 0.339 e. The van der Waals surface area contributed by atoms with Crippen molar-refractivity contribution in [1.82, 2.24) is 10.2 Å². The number of benzene rings is 1. The molecule has 9 heteroatoms. The van der Waals surface area contributed by atoms with Crippen LogP contribution in [-0.4, -0.2) is 55.6 Å². The van der Waals surface area contributed by atoms with Crippen LogP contribution in [0.25, 0.3) is 0 Å². The van der Waals surface area contributed by atoms with Gasteiger partial charge in [0.2, 0.25) is 0 Å². The average Bonchev–Trinajstić information content (AvgIpc) is 2.90. The predicted molar refractivity (Wildman–Crippen MR) is 91.3 cm³/mol. The molecule has 1 aromatic rings. The molecule has 1 aromatic carbocycles. The lowest BCUT2D eigenvalue weighted by atomic mass is 9.98. The van der Waals surface area contributed by atoms with Crippen LogP contribution < -0.4 is 5.32 Å². The highest BCUT2D eigenvalue weighted by molar-refractivity contribution is 7.90. The lowest BCUT2D eigenvalue weighted by Crippen LogP contribution is -2.48. The van der Waals surface area contributed by atoms with Gasteiger partial charge >= 0.3 is 0 Å². The zero-order chi connectivity index (χ0) is 18.4. The first kappa shape index (κ1) is 17.8. The van der Waals surface area contributed by atoms with Gasteiger partial charge in [-0.1, -0.05) is 0 Å². The molecular formula is C16H21N3O5S. The maximum Gasteiger partial charge on any atom is 0.271 e. The number of nitro benzene ring substituents is 1. The summed E-state index contributed by atoms with van der Waals surface area (Å²) in [4.78, 5) is 24.6. The summed E-state index contributed by atoms with van der Waals surface area (Å²) in [6.07, 6.45) is 4.84. The van der Waals surface area contributed by atoms with E-state index in [2.05, 4.69) is 5.32 Å². The molecule has 25 heavy (non-hydrogen) atoms. The van der Waals surface area contributed by atoms with Crippen molar-refractivity contribution < 1.29 is 18.1 Å². The van der Waals surface area contributed by atoms with Crippen molar-refractivity contribution in [1.29, 1.82) is 0 Å². The van der Waals surface area contributed by atoms with Crippen molar-refractivity contribution in [2.75, 3.05) is 13.3 Å². The minimum Gasteiger partial charge on any atom is -0.339 e. The lowest BCUT2D eigenvalue weighted by Gasteiger charge is -2.35. The fourth-order valence-electron chi connectivity index (χ4n) is 3.74. The van der Waals surface area contributed by atoms with Gasteiger partial charge in [-0.25, -0.2) is 8.42 Å². The number of piperidine rings is 1. The van der Waals surface area contributed by atoms with E-state index in [9.17, 15) is 23.3 Å². The summed E-state index contributed by atoms with van der Waals surface area (Å²) < 4.78 is 23.6. The van der Waals surface area contributed by atoms with E-state index in [1.807, 2.05) is 0 Å². The number of rotatable bonds is 4. The van der Waals surface area contributed by atoms with Crippen LogP contribution in [-0.2, 0) is 9.84 Å². The van der Waals surface area contributed by atoms with E-state index in [-0.39, 0.29) is 22.4 Å². The second-order valence-corrected chi connectivity index (χ2v) is 8.94. The number of hydrogen-bond acceptors (Lipinski definition) is 6. The van der Waals surface area contributed by atoms with Gasteiger partial charge in [-0.2, -0.15) is 0 Å². The van der Waals surface area contributed by atoms with Crippen LogP contribution in [0.2, 0.25) is 0 Å². The SMILES string of the molecule is CN(C(=O)c1cc([N+](=O)[O-])cc(S(C)(=O)=O)c1)C1CC2CCC(C1)N2. The van der Waals surface area contributed by atoms with E-state index in [0.29, 0.717) is 12.1 Å². The maximum atomic E-state index is 12.8. The molecule has 0 radical (unpaired) electrons. The highest BCUT2D eigenvalue weighted by Crippen LogP contribution is 2.30. The van der Waals surface area contributed by atoms with E-state index in [0.717, 1.165) is 44.1 Å². The van der Waals surface area contributed by atoms with Crippen molar-refractivity contribution in [2.24, 2.45) is 0 Å².